The highest BCUT2D eigenvalue weighted by molar-refractivity contribution is 8.00. The first-order valence-corrected chi connectivity index (χ1v) is 11.7. The Hall–Kier alpha value is -1.50. The van der Waals surface area contributed by atoms with E-state index in [-0.39, 0.29) is 12.0 Å². The first-order valence-electron chi connectivity index (χ1n) is 10.1. The fraction of sp³-hybridized carbons (Fsp3) is 0.500. The SMILES string of the molecule is CCOC(=O)CCCCCCNC1c2ccc(C)cc2SN(C)c2ccsc21. The van der Waals surface area contributed by atoms with Crippen molar-refractivity contribution in [2.75, 3.05) is 24.5 Å². The molecular weight excluding hydrogens is 388 g/mol. The fourth-order valence-corrected chi connectivity index (χ4v) is 5.67. The highest BCUT2D eigenvalue weighted by Gasteiger charge is 2.27. The van der Waals surface area contributed by atoms with Gasteiger partial charge in [0.15, 0.2) is 0 Å². The first kappa shape index (κ1) is 21.2. The Balaban J connectivity index is 1.57. The van der Waals surface area contributed by atoms with Gasteiger partial charge >= 0.3 is 5.97 Å². The van der Waals surface area contributed by atoms with E-state index < -0.39 is 0 Å². The largest absolute Gasteiger partial charge is 0.466 e. The second kappa shape index (κ2) is 10.3. The number of nitrogens with one attached hydrogen (secondary N) is 1. The Kier molecular flexibility index (Phi) is 7.82. The predicted octanol–water partition coefficient (Wildman–Crippen LogP) is 5.71. The maximum atomic E-state index is 11.4. The number of carbonyl (C=O) groups excluding carboxylic acids is 1. The predicted molar refractivity (Wildman–Crippen MR) is 119 cm³/mol. The van der Waals surface area contributed by atoms with Crippen LogP contribution in [0.4, 0.5) is 5.69 Å². The summed E-state index contributed by atoms with van der Waals surface area (Å²) >= 11 is 3.64. The number of hydrogen-bond donors (Lipinski definition) is 1. The maximum absolute atomic E-state index is 11.4. The number of fused-ring (bicyclic) bond motifs is 2. The Morgan fingerprint density at radius 1 is 1.21 bits per heavy atom. The van der Waals surface area contributed by atoms with Crippen molar-refractivity contribution in [3.63, 3.8) is 0 Å². The molecule has 0 aliphatic carbocycles. The summed E-state index contributed by atoms with van der Waals surface area (Å²) in [5, 5.41) is 5.98. The van der Waals surface area contributed by atoms with Crippen LogP contribution in [0.5, 0.6) is 0 Å². The number of anilines is 1. The van der Waals surface area contributed by atoms with Crippen molar-refractivity contribution in [1.82, 2.24) is 5.32 Å². The summed E-state index contributed by atoms with van der Waals surface area (Å²) in [6.45, 7) is 5.46. The van der Waals surface area contributed by atoms with Crippen molar-refractivity contribution in [2.24, 2.45) is 0 Å². The zero-order valence-electron chi connectivity index (χ0n) is 17.0. The van der Waals surface area contributed by atoms with Crippen LogP contribution in [-0.2, 0) is 9.53 Å². The van der Waals surface area contributed by atoms with Crippen molar-refractivity contribution in [2.45, 2.75) is 56.9 Å². The number of carbonyl (C=O) groups is 1. The molecule has 1 aromatic heterocycles. The summed E-state index contributed by atoms with van der Waals surface area (Å²) in [4.78, 5) is 14.1. The normalized spacial score (nSPS) is 15.7. The summed E-state index contributed by atoms with van der Waals surface area (Å²) in [6, 6.07) is 9.23. The van der Waals surface area contributed by atoms with Gasteiger partial charge in [0.05, 0.1) is 23.2 Å². The van der Waals surface area contributed by atoms with E-state index in [1.54, 1.807) is 0 Å². The number of unbranched alkanes of at least 4 members (excludes halogenated alkanes) is 3. The van der Waals surface area contributed by atoms with Crippen LogP contribution in [-0.4, -0.2) is 26.2 Å². The molecule has 2 heterocycles. The first-order chi connectivity index (χ1) is 13.6. The van der Waals surface area contributed by atoms with Gasteiger partial charge < -0.3 is 14.4 Å². The third kappa shape index (κ3) is 5.31. The van der Waals surface area contributed by atoms with Gasteiger partial charge in [-0.3, -0.25) is 4.79 Å². The molecule has 1 N–H and O–H groups in total. The topological polar surface area (TPSA) is 41.6 Å². The molecule has 0 radical (unpaired) electrons. The molecule has 4 nitrogen and oxygen atoms in total. The van der Waals surface area contributed by atoms with E-state index >= 15 is 0 Å². The standard InChI is InChI=1S/C22H30N2O2S2/c1-4-26-20(25)9-7-5-6-8-13-23-21-17-11-10-16(2)15-19(17)28-24(3)18-12-14-27-22(18)21/h10-12,14-15,21,23H,4-9,13H2,1-3H3. The highest BCUT2D eigenvalue weighted by Crippen LogP contribution is 2.45. The molecular formula is C22H30N2O2S2. The molecule has 3 rings (SSSR count). The van der Waals surface area contributed by atoms with Crippen LogP contribution in [0, 0.1) is 6.92 Å². The molecule has 0 spiro atoms. The summed E-state index contributed by atoms with van der Waals surface area (Å²) in [6.07, 6.45) is 4.78. The van der Waals surface area contributed by atoms with Crippen molar-refractivity contribution in [1.29, 1.82) is 0 Å². The smallest absolute Gasteiger partial charge is 0.305 e. The Bertz CT molecular complexity index is 791. The second-order valence-electron chi connectivity index (χ2n) is 7.16. The minimum Gasteiger partial charge on any atom is -0.466 e. The molecule has 6 heteroatoms. The highest BCUT2D eigenvalue weighted by atomic mass is 32.2. The molecule has 0 bridgehead atoms. The monoisotopic (exact) mass is 418 g/mol. The minimum atomic E-state index is -0.0715. The maximum Gasteiger partial charge on any atom is 0.305 e. The summed E-state index contributed by atoms with van der Waals surface area (Å²) in [5.74, 6) is -0.0715. The molecule has 0 saturated heterocycles. The van der Waals surface area contributed by atoms with Gasteiger partial charge in [0.25, 0.3) is 0 Å². The molecule has 1 aliphatic rings. The number of aryl methyl sites for hydroxylation is 1. The van der Waals surface area contributed by atoms with Gasteiger partial charge in [0, 0.05) is 18.4 Å². The van der Waals surface area contributed by atoms with Gasteiger partial charge in [-0.2, -0.15) is 0 Å². The third-order valence-corrected chi connectivity index (χ3v) is 6.94. The summed E-state index contributed by atoms with van der Waals surface area (Å²) in [7, 11) is 2.15. The minimum absolute atomic E-state index is 0.0715. The average molecular weight is 419 g/mol. The molecule has 0 saturated carbocycles. The van der Waals surface area contributed by atoms with Gasteiger partial charge in [-0.05, 0) is 73.8 Å². The van der Waals surface area contributed by atoms with Crippen LogP contribution >= 0.6 is 23.3 Å². The van der Waals surface area contributed by atoms with E-state index in [0.717, 1.165) is 32.2 Å². The molecule has 1 aromatic carbocycles. The van der Waals surface area contributed by atoms with E-state index in [4.69, 9.17) is 4.74 Å². The zero-order valence-corrected chi connectivity index (χ0v) is 18.6. The second-order valence-corrected chi connectivity index (χ2v) is 9.27. The Labute approximate surface area is 176 Å². The van der Waals surface area contributed by atoms with Crippen LogP contribution in [0.2, 0.25) is 0 Å². The fourth-order valence-electron chi connectivity index (χ4n) is 3.52. The number of esters is 1. The van der Waals surface area contributed by atoms with Crippen molar-refractivity contribution in [3.05, 3.63) is 45.6 Å². The van der Waals surface area contributed by atoms with Gasteiger partial charge in [-0.1, -0.05) is 25.0 Å². The number of rotatable bonds is 9. The van der Waals surface area contributed by atoms with Crippen molar-refractivity contribution in [3.8, 4) is 0 Å². The van der Waals surface area contributed by atoms with Crippen molar-refractivity contribution >= 4 is 34.9 Å². The number of nitrogens with zero attached hydrogens (tertiary/aromatic N) is 1. The van der Waals surface area contributed by atoms with Gasteiger partial charge in [0.2, 0.25) is 0 Å². The Morgan fingerprint density at radius 3 is 2.86 bits per heavy atom. The molecule has 28 heavy (non-hydrogen) atoms. The zero-order chi connectivity index (χ0) is 19.9. The molecule has 2 aromatic rings. The molecule has 1 aliphatic heterocycles. The number of ether oxygens (including phenoxy) is 1. The number of hydrogen-bond acceptors (Lipinski definition) is 6. The molecule has 0 amide bonds. The van der Waals surface area contributed by atoms with E-state index in [9.17, 15) is 4.79 Å². The lowest BCUT2D eigenvalue weighted by atomic mass is 10.0. The number of benzene rings is 1. The van der Waals surface area contributed by atoms with E-state index in [1.807, 2.05) is 30.2 Å². The van der Waals surface area contributed by atoms with Crippen LogP contribution < -0.4 is 9.62 Å². The van der Waals surface area contributed by atoms with E-state index in [1.165, 1.54) is 26.6 Å². The average Bonchev–Trinajstić information content (AvgIpc) is 3.11. The lowest BCUT2D eigenvalue weighted by Crippen LogP contribution is -2.23. The van der Waals surface area contributed by atoms with Gasteiger partial charge in [0.1, 0.15) is 0 Å². The van der Waals surface area contributed by atoms with E-state index in [2.05, 4.69) is 53.2 Å². The lowest BCUT2D eigenvalue weighted by molar-refractivity contribution is -0.143. The molecule has 0 fully saturated rings. The van der Waals surface area contributed by atoms with Gasteiger partial charge in [-0.25, -0.2) is 0 Å². The lowest BCUT2D eigenvalue weighted by Gasteiger charge is -2.19. The third-order valence-electron chi connectivity index (χ3n) is 4.95. The molecule has 1 unspecified atom stereocenters. The van der Waals surface area contributed by atoms with Crippen LogP contribution in [0.25, 0.3) is 0 Å². The molecule has 152 valence electrons. The quantitative estimate of drug-likeness (QED) is 0.321. The van der Waals surface area contributed by atoms with Gasteiger partial charge in [-0.15, -0.1) is 11.3 Å². The van der Waals surface area contributed by atoms with Crippen LogP contribution in [0.15, 0.2) is 34.5 Å². The van der Waals surface area contributed by atoms with Crippen LogP contribution in [0.3, 0.4) is 0 Å². The Morgan fingerprint density at radius 2 is 2.04 bits per heavy atom. The summed E-state index contributed by atoms with van der Waals surface area (Å²) in [5.41, 5.74) is 3.96. The summed E-state index contributed by atoms with van der Waals surface area (Å²) < 4.78 is 7.26. The van der Waals surface area contributed by atoms with Crippen molar-refractivity contribution < 1.29 is 9.53 Å². The van der Waals surface area contributed by atoms with Crippen LogP contribution in [0.1, 0.15) is 61.1 Å². The van der Waals surface area contributed by atoms with E-state index in [0.29, 0.717) is 13.0 Å². The molecule has 1 atom stereocenters. The number of thiophene rings is 1.